The van der Waals surface area contributed by atoms with E-state index in [0.717, 1.165) is 37.8 Å². The van der Waals surface area contributed by atoms with E-state index in [1.54, 1.807) is 0 Å². The zero-order valence-electron chi connectivity index (χ0n) is 19.9. The van der Waals surface area contributed by atoms with Crippen LogP contribution in [0.5, 0.6) is 0 Å². The summed E-state index contributed by atoms with van der Waals surface area (Å²) in [5, 5.41) is 10.5. The molecule has 1 N–H and O–H groups in total. The maximum absolute atomic E-state index is 10.5. The Bertz CT molecular complexity index is 959. The molecular weight excluding hydrogens is 402 g/mol. The van der Waals surface area contributed by atoms with Crippen molar-refractivity contribution in [1.82, 2.24) is 4.90 Å². The lowest BCUT2D eigenvalue weighted by molar-refractivity contribution is 0.0921. The zero-order valence-corrected chi connectivity index (χ0v) is 19.9. The van der Waals surface area contributed by atoms with Crippen molar-refractivity contribution >= 4 is 0 Å². The number of hydrogen-bond acceptors (Lipinski definition) is 2. The first-order valence-electron chi connectivity index (χ1n) is 12.3. The highest BCUT2D eigenvalue weighted by Gasteiger charge is 2.26. The van der Waals surface area contributed by atoms with Crippen LogP contribution in [0.2, 0.25) is 0 Å². The lowest BCUT2D eigenvalue weighted by Gasteiger charge is -2.35. The minimum Gasteiger partial charge on any atom is -0.394 e. The molecule has 0 radical (unpaired) electrons. The number of rotatable bonds is 12. The molecule has 3 rings (SSSR count). The Labute approximate surface area is 200 Å². The second kappa shape index (κ2) is 14.3. The minimum atomic E-state index is -0.0999. The summed E-state index contributed by atoms with van der Waals surface area (Å²) in [4.78, 5) is 2.40. The third-order valence-electron chi connectivity index (χ3n) is 6.09. The summed E-state index contributed by atoms with van der Waals surface area (Å²) in [5.74, 6) is 7.10. The lowest BCUT2D eigenvalue weighted by atomic mass is 9.98. The van der Waals surface area contributed by atoms with Crippen LogP contribution in [0, 0.1) is 11.8 Å². The van der Waals surface area contributed by atoms with Gasteiger partial charge in [0.15, 0.2) is 0 Å². The van der Waals surface area contributed by atoms with Gasteiger partial charge in [0.05, 0.1) is 18.7 Å². The Morgan fingerprint density at radius 1 is 0.788 bits per heavy atom. The van der Waals surface area contributed by atoms with Gasteiger partial charge in [-0.3, -0.25) is 4.90 Å². The molecule has 0 saturated heterocycles. The Hall–Kier alpha value is -2.86. The van der Waals surface area contributed by atoms with Gasteiger partial charge in [-0.1, -0.05) is 117 Å². The SMILES string of the molecule is CCCCCC#CC(CCc1ccccc1)N(Cc1ccccc1)[C@@H](CO)c1ccccc1. The highest BCUT2D eigenvalue weighted by atomic mass is 16.3. The van der Waals surface area contributed by atoms with E-state index in [4.69, 9.17) is 0 Å². The molecule has 172 valence electrons. The standard InChI is InChI=1S/C31H37NO/c1-2-3-4-5-15-22-30(24-23-27-16-9-6-10-17-27)32(25-28-18-11-7-12-19-28)31(26-33)29-20-13-8-14-21-29/h6-14,16-21,30-31,33H,2-5,23-26H2,1H3/t30?,31-/m0/s1. The maximum Gasteiger partial charge on any atom is 0.0726 e. The third-order valence-corrected chi connectivity index (χ3v) is 6.09. The highest BCUT2D eigenvalue weighted by molar-refractivity contribution is 5.23. The third kappa shape index (κ3) is 8.21. The van der Waals surface area contributed by atoms with E-state index < -0.39 is 0 Å². The number of unbranched alkanes of at least 4 members (excludes halogenated alkanes) is 3. The van der Waals surface area contributed by atoms with Gasteiger partial charge in [-0.15, -0.1) is 5.92 Å². The van der Waals surface area contributed by atoms with Gasteiger partial charge in [0.2, 0.25) is 0 Å². The van der Waals surface area contributed by atoms with Gasteiger partial charge in [0.1, 0.15) is 0 Å². The zero-order chi connectivity index (χ0) is 23.1. The van der Waals surface area contributed by atoms with Crippen molar-refractivity contribution in [2.45, 2.75) is 64.1 Å². The predicted molar refractivity (Wildman–Crippen MR) is 139 cm³/mol. The van der Waals surface area contributed by atoms with Gasteiger partial charge in [-0.2, -0.15) is 0 Å². The number of nitrogens with zero attached hydrogens (tertiary/aromatic N) is 1. The molecule has 0 spiro atoms. The summed E-state index contributed by atoms with van der Waals surface area (Å²) < 4.78 is 0. The Morgan fingerprint density at radius 2 is 1.39 bits per heavy atom. The van der Waals surface area contributed by atoms with E-state index in [-0.39, 0.29) is 18.7 Å². The van der Waals surface area contributed by atoms with Crippen molar-refractivity contribution in [1.29, 1.82) is 0 Å². The van der Waals surface area contributed by atoms with Crippen molar-refractivity contribution < 1.29 is 5.11 Å². The van der Waals surface area contributed by atoms with Gasteiger partial charge < -0.3 is 5.11 Å². The van der Waals surface area contributed by atoms with Crippen LogP contribution < -0.4 is 0 Å². The van der Waals surface area contributed by atoms with Crippen LogP contribution in [0.15, 0.2) is 91.0 Å². The molecule has 0 aliphatic carbocycles. The Morgan fingerprint density at radius 3 is 2.00 bits per heavy atom. The van der Waals surface area contributed by atoms with Gasteiger partial charge in [-0.25, -0.2) is 0 Å². The molecule has 0 aliphatic rings. The van der Waals surface area contributed by atoms with Crippen molar-refractivity contribution in [3.05, 3.63) is 108 Å². The summed E-state index contributed by atoms with van der Waals surface area (Å²) in [5.41, 5.74) is 3.70. The Kier molecular flexibility index (Phi) is 10.8. The van der Waals surface area contributed by atoms with E-state index in [2.05, 4.69) is 96.5 Å². The quantitative estimate of drug-likeness (QED) is 0.248. The molecule has 0 bridgehead atoms. The van der Waals surface area contributed by atoms with Crippen molar-refractivity contribution in [3.63, 3.8) is 0 Å². The average molecular weight is 440 g/mol. The molecule has 0 aromatic heterocycles. The molecule has 33 heavy (non-hydrogen) atoms. The number of aliphatic hydroxyl groups excluding tert-OH is 1. The van der Waals surface area contributed by atoms with E-state index in [1.807, 2.05) is 18.2 Å². The van der Waals surface area contributed by atoms with Crippen LogP contribution in [0.3, 0.4) is 0 Å². The molecule has 0 heterocycles. The molecule has 2 heteroatoms. The van der Waals surface area contributed by atoms with Crippen molar-refractivity contribution in [2.24, 2.45) is 0 Å². The Balaban J connectivity index is 1.90. The fourth-order valence-electron chi connectivity index (χ4n) is 4.23. The molecular formula is C31H37NO. The van der Waals surface area contributed by atoms with E-state index >= 15 is 0 Å². The molecule has 0 saturated carbocycles. The van der Waals surface area contributed by atoms with E-state index in [9.17, 15) is 5.11 Å². The topological polar surface area (TPSA) is 23.5 Å². The summed E-state index contributed by atoms with van der Waals surface area (Å²) in [6, 6.07) is 31.5. The first-order chi connectivity index (χ1) is 16.3. The molecule has 0 amide bonds. The second-order valence-corrected chi connectivity index (χ2v) is 8.59. The first-order valence-corrected chi connectivity index (χ1v) is 12.3. The molecule has 2 nitrogen and oxygen atoms in total. The van der Waals surface area contributed by atoms with Crippen LogP contribution in [0.1, 0.15) is 61.8 Å². The van der Waals surface area contributed by atoms with E-state index in [1.165, 1.54) is 24.0 Å². The lowest BCUT2D eigenvalue weighted by Crippen LogP contribution is -2.39. The summed E-state index contributed by atoms with van der Waals surface area (Å²) in [6.45, 7) is 3.05. The predicted octanol–water partition coefficient (Wildman–Crippen LogP) is 6.81. The monoisotopic (exact) mass is 439 g/mol. The number of aliphatic hydroxyl groups is 1. The highest BCUT2D eigenvalue weighted by Crippen LogP contribution is 2.27. The smallest absolute Gasteiger partial charge is 0.0726 e. The molecule has 2 atom stereocenters. The van der Waals surface area contributed by atoms with Gasteiger partial charge in [0.25, 0.3) is 0 Å². The van der Waals surface area contributed by atoms with Crippen LogP contribution in [-0.4, -0.2) is 22.7 Å². The van der Waals surface area contributed by atoms with Crippen LogP contribution in [-0.2, 0) is 13.0 Å². The molecule has 0 fully saturated rings. The molecule has 3 aromatic rings. The van der Waals surface area contributed by atoms with Gasteiger partial charge in [0, 0.05) is 13.0 Å². The fraction of sp³-hybridized carbons (Fsp3) is 0.355. The summed E-state index contributed by atoms with van der Waals surface area (Å²) >= 11 is 0. The molecule has 3 aromatic carbocycles. The van der Waals surface area contributed by atoms with E-state index in [0.29, 0.717) is 0 Å². The average Bonchev–Trinajstić information content (AvgIpc) is 2.87. The largest absolute Gasteiger partial charge is 0.394 e. The number of aryl methyl sites for hydroxylation is 1. The first kappa shape index (κ1) is 24.8. The normalized spacial score (nSPS) is 12.7. The number of benzene rings is 3. The van der Waals surface area contributed by atoms with Gasteiger partial charge >= 0.3 is 0 Å². The number of hydrogen-bond donors (Lipinski definition) is 1. The summed E-state index contributed by atoms with van der Waals surface area (Å²) in [6.07, 6.45) is 6.41. The van der Waals surface area contributed by atoms with Gasteiger partial charge in [-0.05, 0) is 36.0 Å². The molecule has 0 aliphatic heterocycles. The second-order valence-electron chi connectivity index (χ2n) is 8.59. The fourth-order valence-corrected chi connectivity index (χ4v) is 4.23. The van der Waals surface area contributed by atoms with Crippen LogP contribution in [0.4, 0.5) is 0 Å². The van der Waals surface area contributed by atoms with Crippen LogP contribution >= 0.6 is 0 Å². The molecule has 1 unspecified atom stereocenters. The summed E-state index contributed by atoms with van der Waals surface area (Å²) in [7, 11) is 0. The van der Waals surface area contributed by atoms with Crippen molar-refractivity contribution in [3.8, 4) is 11.8 Å². The van der Waals surface area contributed by atoms with Crippen molar-refractivity contribution in [2.75, 3.05) is 6.61 Å². The van der Waals surface area contributed by atoms with Crippen LogP contribution in [0.25, 0.3) is 0 Å². The minimum absolute atomic E-state index is 0.0596. The maximum atomic E-state index is 10.5.